The van der Waals surface area contributed by atoms with Crippen LogP contribution in [0, 0.1) is 0 Å². The van der Waals surface area contributed by atoms with Crippen LogP contribution in [0.5, 0.6) is 0 Å². The Morgan fingerprint density at radius 2 is 2.25 bits per heavy atom. The number of aliphatic hydroxyl groups excluding tert-OH is 1. The highest BCUT2D eigenvalue weighted by Crippen LogP contribution is 1.82. The lowest BCUT2D eigenvalue weighted by atomic mass is 10.6. The molecule has 0 fully saturated rings. The number of aromatic nitrogens is 3. The van der Waals surface area contributed by atoms with Crippen LogP contribution in [0.3, 0.4) is 0 Å². The number of rotatable bonds is 3. The lowest BCUT2D eigenvalue weighted by molar-refractivity contribution is 0.311. The van der Waals surface area contributed by atoms with Crippen molar-refractivity contribution in [2.45, 2.75) is 0 Å². The third-order valence-corrected chi connectivity index (χ3v) is 1.12. The molecule has 7 nitrogen and oxygen atoms in total. The maximum Gasteiger partial charge on any atom is 0.342 e. The van der Waals surface area contributed by atoms with Gasteiger partial charge in [0.2, 0.25) is 5.82 Å². The predicted molar refractivity (Wildman–Crippen MR) is 41.1 cm³/mol. The van der Waals surface area contributed by atoms with Gasteiger partial charge in [0.1, 0.15) is 0 Å². The molecule has 0 saturated heterocycles. The highest BCUT2D eigenvalue weighted by molar-refractivity contribution is 5.28. The van der Waals surface area contributed by atoms with Gasteiger partial charge in [-0.1, -0.05) is 0 Å². The number of H-pyrrole nitrogens is 2. The monoisotopic (exact) mass is 172 g/mol. The van der Waals surface area contributed by atoms with Crippen molar-refractivity contribution in [1.82, 2.24) is 15.2 Å². The van der Waals surface area contributed by atoms with Crippen LogP contribution in [0.15, 0.2) is 9.59 Å². The van der Waals surface area contributed by atoms with Crippen LogP contribution < -0.4 is 16.6 Å². The third-order valence-electron chi connectivity index (χ3n) is 1.12. The molecule has 0 aliphatic rings. The largest absolute Gasteiger partial charge is 0.395 e. The molecule has 0 aromatic carbocycles. The van der Waals surface area contributed by atoms with Crippen molar-refractivity contribution in [3.8, 4) is 0 Å². The van der Waals surface area contributed by atoms with Crippen molar-refractivity contribution >= 4 is 5.82 Å². The predicted octanol–water partition coefficient (Wildman–Crippen LogP) is -2.14. The van der Waals surface area contributed by atoms with Crippen molar-refractivity contribution in [2.75, 3.05) is 18.5 Å². The average Bonchev–Trinajstić information content (AvgIpc) is 2.03. The zero-order chi connectivity index (χ0) is 8.97. The molecule has 1 rings (SSSR count). The molecule has 7 heteroatoms. The van der Waals surface area contributed by atoms with Gasteiger partial charge in [0.25, 0.3) is 5.56 Å². The third kappa shape index (κ3) is 1.92. The Bertz CT molecular complexity index is 354. The number of aromatic amines is 2. The van der Waals surface area contributed by atoms with E-state index in [0.29, 0.717) is 0 Å². The fourth-order valence-electron chi connectivity index (χ4n) is 0.642. The zero-order valence-electron chi connectivity index (χ0n) is 6.13. The molecular weight excluding hydrogens is 164 g/mol. The van der Waals surface area contributed by atoms with Crippen LogP contribution in [0.25, 0.3) is 0 Å². The van der Waals surface area contributed by atoms with E-state index in [2.05, 4.69) is 10.4 Å². The summed E-state index contributed by atoms with van der Waals surface area (Å²) in [6.45, 7) is 0.0996. The lowest BCUT2D eigenvalue weighted by Crippen LogP contribution is -2.27. The van der Waals surface area contributed by atoms with E-state index in [9.17, 15) is 9.59 Å². The molecule has 0 atom stereocenters. The van der Waals surface area contributed by atoms with E-state index in [1.54, 1.807) is 0 Å². The second kappa shape index (κ2) is 3.67. The van der Waals surface area contributed by atoms with Crippen LogP contribution in [-0.4, -0.2) is 33.4 Å². The van der Waals surface area contributed by atoms with Gasteiger partial charge >= 0.3 is 5.69 Å². The van der Waals surface area contributed by atoms with Gasteiger partial charge in [-0.2, -0.15) is 0 Å². The summed E-state index contributed by atoms with van der Waals surface area (Å²) in [5, 5.41) is 16.4. The van der Waals surface area contributed by atoms with E-state index < -0.39 is 11.2 Å². The molecule has 1 aromatic heterocycles. The van der Waals surface area contributed by atoms with Crippen LogP contribution in [0.1, 0.15) is 0 Å². The van der Waals surface area contributed by atoms with Crippen LogP contribution >= 0.6 is 0 Å². The fourth-order valence-corrected chi connectivity index (χ4v) is 0.642. The number of hydrogen-bond acceptors (Lipinski definition) is 5. The molecule has 0 aliphatic carbocycles. The molecule has 4 N–H and O–H groups in total. The minimum Gasteiger partial charge on any atom is -0.395 e. The van der Waals surface area contributed by atoms with Crippen molar-refractivity contribution < 1.29 is 5.11 Å². The summed E-state index contributed by atoms with van der Waals surface area (Å²) in [6.07, 6.45) is 0. The van der Waals surface area contributed by atoms with Crippen molar-refractivity contribution in [3.05, 3.63) is 20.8 Å². The minimum absolute atomic E-state index is 0.0105. The molecule has 66 valence electrons. The molecule has 0 radical (unpaired) electrons. The maximum absolute atomic E-state index is 10.9. The molecule has 0 aliphatic heterocycles. The number of nitrogens with one attached hydrogen (secondary N) is 3. The Kier molecular flexibility index (Phi) is 2.59. The zero-order valence-corrected chi connectivity index (χ0v) is 6.13. The number of hydrogen-bond donors (Lipinski definition) is 4. The highest BCUT2D eigenvalue weighted by Gasteiger charge is 1.98. The molecule has 0 saturated carbocycles. The average molecular weight is 172 g/mol. The van der Waals surface area contributed by atoms with E-state index in [-0.39, 0.29) is 19.0 Å². The van der Waals surface area contributed by atoms with Gasteiger partial charge in [-0.25, -0.2) is 9.89 Å². The van der Waals surface area contributed by atoms with Gasteiger partial charge in [-0.15, -0.1) is 5.10 Å². The fraction of sp³-hybridized carbons (Fsp3) is 0.400. The van der Waals surface area contributed by atoms with Crippen LogP contribution in [0.2, 0.25) is 0 Å². The summed E-state index contributed by atoms with van der Waals surface area (Å²) in [5.74, 6) is -0.0105. The summed E-state index contributed by atoms with van der Waals surface area (Å²) in [4.78, 5) is 23.3. The van der Waals surface area contributed by atoms with Crippen LogP contribution in [-0.2, 0) is 0 Å². The standard InChI is InChI=1S/C5H8N4O3/c10-2-1-6-3-4(11)7-5(12)9-8-3/h10H,1-2H2,(H,6,8)(H2,7,9,11,12). The van der Waals surface area contributed by atoms with Gasteiger partial charge in [0.15, 0.2) is 0 Å². The second-order valence-electron chi connectivity index (χ2n) is 2.01. The normalized spacial score (nSPS) is 9.75. The van der Waals surface area contributed by atoms with Gasteiger partial charge in [0, 0.05) is 6.54 Å². The second-order valence-corrected chi connectivity index (χ2v) is 2.01. The Morgan fingerprint density at radius 1 is 1.50 bits per heavy atom. The summed E-state index contributed by atoms with van der Waals surface area (Å²) < 4.78 is 0. The van der Waals surface area contributed by atoms with Gasteiger partial charge in [-0.05, 0) is 0 Å². The van der Waals surface area contributed by atoms with Gasteiger partial charge in [-0.3, -0.25) is 9.78 Å². The summed E-state index contributed by atoms with van der Waals surface area (Å²) >= 11 is 0. The molecule has 1 heterocycles. The first-order valence-corrected chi connectivity index (χ1v) is 3.28. The molecule has 0 spiro atoms. The van der Waals surface area contributed by atoms with Crippen molar-refractivity contribution in [1.29, 1.82) is 0 Å². The van der Waals surface area contributed by atoms with Crippen LogP contribution in [0.4, 0.5) is 5.82 Å². The topological polar surface area (TPSA) is 111 Å². The first-order chi connectivity index (χ1) is 5.74. The highest BCUT2D eigenvalue weighted by atomic mass is 16.3. The molecule has 0 bridgehead atoms. The Balaban J connectivity index is 2.87. The summed E-state index contributed by atoms with van der Waals surface area (Å²) in [7, 11) is 0. The van der Waals surface area contributed by atoms with Crippen molar-refractivity contribution in [2.24, 2.45) is 0 Å². The molecule has 0 amide bonds. The van der Waals surface area contributed by atoms with E-state index in [0.717, 1.165) is 0 Å². The summed E-state index contributed by atoms with van der Waals surface area (Å²) in [5.41, 5.74) is -1.26. The molecule has 12 heavy (non-hydrogen) atoms. The SMILES string of the molecule is O=c1[nH]nc(NCCO)c(=O)[nH]1. The smallest absolute Gasteiger partial charge is 0.342 e. The first kappa shape index (κ1) is 8.47. The number of nitrogens with zero attached hydrogens (tertiary/aromatic N) is 1. The number of aliphatic hydroxyl groups is 1. The molecule has 0 unspecified atom stereocenters. The molecule has 1 aromatic rings. The lowest BCUT2D eigenvalue weighted by Gasteiger charge is -1.98. The minimum atomic E-state index is -0.658. The first-order valence-electron chi connectivity index (χ1n) is 3.28. The van der Waals surface area contributed by atoms with E-state index >= 15 is 0 Å². The maximum atomic E-state index is 10.9. The van der Waals surface area contributed by atoms with E-state index in [4.69, 9.17) is 5.11 Å². The Morgan fingerprint density at radius 3 is 2.83 bits per heavy atom. The number of anilines is 1. The van der Waals surface area contributed by atoms with Gasteiger partial charge < -0.3 is 10.4 Å². The Labute approximate surface area is 66.5 Å². The molecular formula is C5H8N4O3. The van der Waals surface area contributed by atoms with Crippen molar-refractivity contribution in [3.63, 3.8) is 0 Å². The summed E-state index contributed by atoms with van der Waals surface area (Å²) in [6, 6.07) is 0. The van der Waals surface area contributed by atoms with Gasteiger partial charge in [0.05, 0.1) is 6.61 Å². The quantitative estimate of drug-likeness (QED) is 0.416. The Hall–Kier alpha value is -1.63. The van der Waals surface area contributed by atoms with E-state index in [1.165, 1.54) is 0 Å². The van der Waals surface area contributed by atoms with E-state index in [1.807, 2.05) is 10.1 Å².